The van der Waals surface area contributed by atoms with Crippen molar-refractivity contribution >= 4 is 10.9 Å². The van der Waals surface area contributed by atoms with E-state index >= 15 is 0 Å². The molecule has 0 amide bonds. The van der Waals surface area contributed by atoms with Gasteiger partial charge in [0.25, 0.3) is 0 Å². The summed E-state index contributed by atoms with van der Waals surface area (Å²) in [4.78, 5) is 0. The first-order valence-corrected chi connectivity index (χ1v) is 6.14. The van der Waals surface area contributed by atoms with Gasteiger partial charge in [0.2, 0.25) is 0 Å². The molecule has 2 atom stereocenters. The lowest BCUT2D eigenvalue weighted by Crippen LogP contribution is -2.39. The van der Waals surface area contributed by atoms with E-state index in [4.69, 9.17) is 4.74 Å². The Hall–Kier alpha value is -1.32. The van der Waals surface area contributed by atoms with Crippen molar-refractivity contribution in [3.8, 4) is 0 Å². The van der Waals surface area contributed by atoms with E-state index in [1.807, 2.05) is 0 Å². The zero-order valence-electron chi connectivity index (χ0n) is 10.3. The summed E-state index contributed by atoms with van der Waals surface area (Å²) in [5.41, 5.74) is 2.62. The van der Waals surface area contributed by atoms with E-state index in [2.05, 4.69) is 54.3 Å². The van der Waals surface area contributed by atoms with Crippen molar-refractivity contribution in [2.45, 2.75) is 19.1 Å². The molecular formula is C14H18N2O. The fourth-order valence-corrected chi connectivity index (χ4v) is 2.54. The second-order valence-electron chi connectivity index (χ2n) is 4.82. The summed E-state index contributed by atoms with van der Waals surface area (Å²) < 4.78 is 7.92. The molecule has 0 bridgehead atoms. The molecule has 0 aliphatic carbocycles. The zero-order chi connectivity index (χ0) is 11.8. The highest BCUT2D eigenvalue weighted by atomic mass is 16.5. The summed E-state index contributed by atoms with van der Waals surface area (Å²) in [6.45, 7) is 3.79. The molecule has 1 aromatic carbocycles. The van der Waals surface area contributed by atoms with Crippen molar-refractivity contribution in [1.29, 1.82) is 0 Å². The van der Waals surface area contributed by atoms with Crippen LogP contribution in [-0.2, 0) is 11.8 Å². The maximum Gasteiger partial charge on any atom is 0.0672 e. The number of morpholine rings is 1. The minimum Gasteiger partial charge on any atom is -0.375 e. The van der Waals surface area contributed by atoms with Gasteiger partial charge >= 0.3 is 0 Å². The quantitative estimate of drug-likeness (QED) is 0.813. The maximum absolute atomic E-state index is 5.73. The van der Waals surface area contributed by atoms with Crippen LogP contribution in [0.2, 0.25) is 0 Å². The lowest BCUT2D eigenvalue weighted by atomic mass is 10.1. The summed E-state index contributed by atoms with van der Waals surface area (Å²) in [5, 5.41) is 4.88. The minimum atomic E-state index is 0.317. The van der Waals surface area contributed by atoms with Crippen molar-refractivity contribution < 1.29 is 4.74 Å². The van der Waals surface area contributed by atoms with Crippen molar-refractivity contribution in [2.24, 2.45) is 7.05 Å². The van der Waals surface area contributed by atoms with Crippen LogP contribution >= 0.6 is 0 Å². The molecule has 2 aromatic rings. The van der Waals surface area contributed by atoms with Gasteiger partial charge in [-0.2, -0.15) is 0 Å². The number of ether oxygens (including phenoxy) is 1. The fourth-order valence-electron chi connectivity index (χ4n) is 2.54. The number of fused-ring (bicyclic) bond motifs is 1. The molecule has 3 heteroatoms. The highest BCUT2D eigenvalue weighted by Gasteiger charge is 2.22. The first kappa shape index (κ1) is 10.8. The van der Waals surface area contributed by atoms with Crippen LogP contribution in [0, 0.1) is 0 Å². The Balaban J connectivity index is 2.00. The van der Waals surface area contributed by atoms with Crippen molar-refractivity contribution in [3.05, 3.63) is 36.0 Å². The maximum atomic E-state index is 5.73. The Morgan fingerprint density at radius 3 is 2.94 bits per heavy atom. The molecule has 1 saturated heterocycles. The standard InChI is InChI=1S/C14H18N2O/c1-10-7-15-13(9-17-10)12-8-16(2)14-6-4-3-5-11(12)14/h3-6,8,10,13,15H,7,9H2,1-2H3. The van der Waals surface area contributed by atoms with Crippen LogP contribution < -0.4 is 5.32 Å². The van der Waals surface area contributed by atoms with E-state index in [9.17, 15) is 0 Å². The van der Waals surface area contributed by atoms with Crippen molar-refractivity contribution in [3.63, 3.8) is 0 Å². The number of para-hydroxylation sites is 1. The van der Waals surface area contributed by atoms with Crippen molar-refractivity contribution in [2.75, 3.05) is 13.2 Å². The van der Waals surface area contributed by atoms with E-state index in [0.29, 0.717) is 12.1 Å². The van der Waals surface area contributed by atoms with Crippen LogP contribution in [0.1, 0.15) is 18.5 Å². The van der Waals surface area contributed by atoms with Gasteiger partial charge in [-0.3, -0.25) is 0 Å². The molecule has 0 spiro atoms. The molecule has 0 saturated carbocycles. The molecular weight excluding hydrogens is 212 g/mol. The number of aromatic nitrogens is 1. The van der Waals surface area contributed by atoms with Gasteiger partial charge in [-0.05, 0) is 18.6 Å². The van der Waals surface area contributed by atoms with Gasteiger partial charge in [-0.25, -0.2) is 0 Å². The predicted octanol–water partition coefficient (Wildman–Crippen LogP) is 2.23. The average molecular weight is 230 g/mol. The number of hydrogen-bond acceptors (Lipinski definition) is 2. The van der Waals surface area contributed by atoms with Crippen LogP contribution in [-0.4, -0.2) is 23.8 Å². The number of rotatable bonds is 1. The second kappa shape index (κ2) is 4.17. The molecule has 1 aliphatic heterocycles. The lowest BCUT2D eigenvalue weighted by Gasteiger charge is -2.28. The van der Waals surface area contributed by atoms with Gasteiger partial charge in [0.05, 0.1) is 18.8 Å². The highest BCUT2D eigenvalue weighted by Crippen LogP contribution is 2.27. The van der Waals surface area contributed by atoms with Crippen LogP contribution in [0.25, 0.3) is 10.9 Å². The second-order valence-corrected chi connectivity index (χ2v) is 4.82. The Morgan fingerprint density at radius 2 is 2.18 bits per heavy atom. The largest absolute Gasteiger partial charge is 0.375 e. The molecule has 1 aromatic heterocycles. The Kier molecular flexibility index (Phi) is 2.65. The van der Waals surface area contributed by atoms with Gasteiger partial charge in [0, 0.05) is 30.7 Å². The average Bonchev–Trinajstić information content (AvgIpc) is 2.69. The smallest absolute Gasteiger partial charge is 0.0672 e. The van der Waals surface area contributed by atoms with E-state index < -0.39 is 0 Å². The third kappa shape index (κ3) is 1.85. The number of benzene rings is 1. The van der Waals surface area contributed by atoms with Crippen LogP contribution in [0.5, 0.6) is 0 Å². The van der Waals surface area contributed by atoms with Gasteiger partial charge in [0.1, 0.15) is 0 Å². The van der Waals surface area contributed by atoms with Gasteiger partial charge in [0.15, 0.2) is 0 Å². The number of nitrogens with one attached hydrogen (secondary N) is 1. The molecule has 1 fully saturated rings. The predicted molar refractivity (Wildman–Crippen MR) is 69.1 cm³/mol. The highest BCUT2D eigenvalue weighted by molar-refractivity contribution is 5.84. The number of nitrogens with zero attached hydrogens (tertiary/aromatic N) is 1. The van der Waals surface area contributed by atoms with Crippen LogP contribution in [0.4, 0.5) is 0 Å². The number of aryl methyl sites for hydroxylation is 1. The summed E-state index contributed by atoms with van der Waals surface area (Å²) >= 11 is 0. The first-order valence-electron chi connectivity index (χ1n) is 6.14. The molecule has 90 valence electrons. The van der Waals surface area contributed by atoms with Crippen LogP contribution in [0.3, 0.4) is 0 Å². The molecule has 0 radical (unpaired) electrons. The lowest BCUT2D eigenvalue weighted by molar-refractivity contribution is 0.0152. The molecule has 3 rings (SSSR count). The summed E-state index contributed by atoms with van der Waals surface area (Å²) in [5.74, 6) is 0. The normalized spacial score (nSPS) is 25.3. The van der Waals surface area contributed by atoms with E-state index in [0.717, 1.165) is 13.2 Å². The SMILES string of the molecule is CC1CNC(c2cn(C)c3ccccc23)CO1. The third-order valence-corrected chi connectivity index (χ3v) is 3.50. The van der Waals surface area contributed by atoms with E-state index in [1.54, 1.807) is 0 Å². The monoisotopic (exact) mass is 230 g/mol. The summed E-state index contributed by atoms with van der Waals surface area (Å²) in [6.07, 6.45) is 2.53. The van der Waals surface area contributed by atoms with Crippen LogP contribution in [0.15, 0.2) is 30.5 Å². The first-order chi connectivity index (χ1) is 8.25. The van der Waals surface area contributed by atoms with Gasteiger partial charge in [-0.15, -0.1) is 0 Å². The fraction of sp³-hybridized carbons (Fsp3) is 0.429. The Labute approximate surface area is 101 Å². The van der Waals surface area contributed by atoms with Gasteiger partial charge < -0.3 is 14.6 Å². The third-order valence-electron chi connectivity index (χ3n) is 3.50. The molecule has 2 heterocycles. The summed E-state index contributed by atoms with van der Waals surface area (Å²) in [7, 11) is 2.10. The molecule has 17 heavy (non-hydrogen) atoms. The Morgan fingerprint density at radius 1 is 1.35 bits per heavy atom. The van der Waals surface area contributed by atoms with E-state index in [-0.39, 0.29) is 0 Å². The molecule has 2 unspecified atom stereocenters. The zero-order valence-corrected chi connectivity index (χ0v) is 10.3. The summed E-state index contributed by atoms with van der Waals surface area (Å²) in [6, 6.07) is 8.84. The number of hydrogen-bond donors (Lipinski definition) is 1. The molecule has 3 nitrogen and oxygen atoms in total. The van der Waals surface area contributed by atoms with Gasteiger partial charge in [-0.1, -0.05) is 18.2 Å². The van der Waals surface area contributed by atoms with E-state index in [1.165, 1.54) is 16.5 Å². The molecule has 1 aliphatic rings. The Bertz CT molecular complexity index is 524. The van der Waals surface area contributed by atoms with Crippen molar-refractivity contribution in [1.82, 2.24) is 9.88 Å². The minimum absolute atomic E-state index is 0.317. The topological polar surface area (TPSA) is 26.2 Å². The molecule has 1 N–H and O–H groups in total.